The Morgan fingerprint density at radius 1 is 1.42 bits per heavy atom. The van der Waals surface area contributed by atoms with Crippen LogP contribution in [0.2, 0.25) is 0 Å². The standard InChI is InChI=1S/C14H29N3O2/c1-12(2)17(3)9-13(18)16-10-14(11-19-4)5-7-15-8-6-14/h12,15H,5-11H2,1-4H3,(H,16,18). The van der Waals surface area contributed by atoms with Crippen LogP contribution in [0.15, 0.2) is 0 Å². The van der Waals surface area contributed by atoms with Crippen LogP contribution < -0.4 is 10.6 Å². The van der Waals surface area contributed by atoms with Gasteiger partial charge in [0.2, 0.25) is 5.91 Å². The molecule has 0 radical (unpaired) electrons. The summed E-state index contributed by atoms with van der Waals surface area (Å²) in [6.45, 7) is 8.08. The van der Waals surface area contributed by atoms with Crippen molar-refractivity contribution < 1.29 is 9.53 Å². The Kier molecular flexibility index (Phi) is 6.75. The van der Waals surface area contributed by atoms with E-state index in [1.807, 2.05) is 11.9 Å². The number of rotatable bonds is 7. The highest BCUT2D eigenvalue weighted by Gasteiger charge is 2.32. The Bertz CT molecular complexity index is 270. The molecule has 5 heteroatoms. The zero-order chi connectivity index (χ0) is 14.3. The van der Waals surface area contributed by atoms with Crippen LogP contribution in [-0.4, -0.2) is 63.8 Å². The molecule has 1 saturated heterocycles. The maximum absolute atomic E-state index is 11.9. The quantitative estimate of drug-likeness (QED) is 0.706. The molecule has 112 valence electrons. The lowest BCUT2D eigenvalue weighted by Gasteiger charge is -2.37. The third-order valence-electron chi connectivity index (χ3n) is 4.05. The van der Waals surface area contributed by atoms with Crippen LogP contribution in [0.25, 0.3) is 0 Å². The second-order valence-electron chi connectivity index (χ2n) is 5.97. The first-order valence-corrected chi connectivity index (χ1v) is 7.16. The predicted molar refractivity (Wildman–Crippen MR) is 77.2 cm³/mol. The minimum absolute atomic E-state index is 0.102. The zero-order valence-corrected chi connectivity index (χ0v) is 12.8. The Balaban J connectivity index is 2.41. The predicted octanol–water partition coefficient (Wildman–Crippen LogP) is 0.459. The number of nitrogens with one attached hydrogen (secondary N) is 2. The van der Waals surface area contributed by atoms with Gasteiger partial charge in [0.1, 0.15) is 0 Å². The van der Waals surface area contributed by atoms with E-state index in [4.69, 9.17) is 4.74 Å². The topological polar surface area (TPSA) is 53.6 Å². The second kappa shape index (κ2) is 7.82. The van der Waals surface area contributed by atoms with E-state index in [2.05, 4.69) is 24.5 Å². The summed E-state index contributed by atoms with van der Waals surface area (Å²) in [6.07, 6.45) is 2.11. The van der Waals surface area contributed by atoms with E-state index in [0.29, 0.717) is 19.1 Å². The number of hydrogen-bond acceptors (Lipinski definition) is 4. The molecule has 0 saturated carbocycles. The van der Waals surface area contributed by atoms with Crippen LogP contribution in [0.4, 0.5) is 0 Å². The SMILES string of the molecule is COCC1(CNC(=O)CN(C)C(C)C)CCNCC1. The fourth-order valence-corrected chi connectivity index (χ4v) is 2.39. The first kappa shape index (κ1) is 16.4. The lowest BCUT2D eigenvalue weighted by molar-refractivity contribution is -0.123. The minimum Gasteiger partial charge on any atom is -0.384 e. The number of piperidine rings is 1. The molecule has 0 aromatic carbocycles. The maximum atomic E-state index is 11.9. The molecule has 1 fully saturated rings. The molecule has 1 heterocycles. The number of likely N-dealkylation sites (N-methyl/N-ethyl adjacent to an activating group) is 1. The normalized spacial score (nSPS) is 18.8. The van der Waals surface area contributed by atoms with Gasteiger partial charge in [-0.05, 0) is 46.8 Å². The van der Waals surface area contributed by atoms with E-state index in [-0.39, 0.29) is 11.3 Å². The van der Waals surface area contributed by atoms with Crippen molar-refractivity contribution in [3.05, 3.63) is 0 Å². The highest BCUT2D eigenvalue weighted by atomic mass is 16.5. The van der Waals surface area contributed by atoms with Crippen LogP contribution in [0.3, 0.4) is 0 Å². The van der Waals surface area contributed by atoms with Crippen LogP contribution in [0, 0.1) is 5.41 Å². The van der Waals surface area contributed by atoms with Crippen molar-refractivity contribution in [1.82, 2.24) is 15.5 Å². The first-order chi connectivity index (χ1) is 8.99. The summed E-state index contributed by atoms with van der Waals surface area (Å²) < 4.78 is 5.35. The molecule has 2 N–H and O–H groups in total. The summed E-state index contributed by atoms with van der Waals surface area (Å²) in [5.41, 5.74) is 0.103. The van der Waals surface area contributed by atoms with Crippen molar-refractivity contribution in [2.45, 2.75) is 32.7 Å². The Morgan fingerprint density at radius 2 is 2.05 bits per heavy atom. The number of hydrogen-bond donors (Lipinski definition) is 2. The lowest BCUT2D eigenvalue weighted by atomic mass is 9.79. The van der Waals surface area contributed by atoms with E-state index < -0.39 is 0 Å². The molecule has 0 aromatic rings. The summed E-state index contributed by atoms with van der Waals surface area (Å²) in [5, 5.41) is 6.43. The molecule has 0 spiro atoms. The molecule has 5 nitrogen and oxygen atoms in total. The average Bonchev–Trinajstić information content (AvgIpc) is 2.38. The van der Waals surface area contributed by atoms with Gasteiger partial charge in [0.05, 0.1) is 13.2 Å². The Morgan fingerprint density at radius 3 is 2.58 bits per heavy atom. The van der Waals surface area contributed by atoms with Crippen LogP contribution in [-0.2, 0) is 9.53 Å². The van der Waals surface area contributed by atoms with E-state index in [1.165, 1.54) is 0 Å². The summed E-state index contributed by atoms with van der Waals surface area (Å²) in [4.78, 5) is 14.0. The molecular formula is C14H29N3O2. The van der Waals surface area contributed by atoms with Crippen LogP contribution in [0.5, 0.6) is 0 Å². The molecule has 1 aliphatic heterocycles. The zero-order valence-electron chi connectivity index (χ0n) is 12.8. The first-order valence-electron chi connectivity index (χ1n) is 7.16. The smallest absolute Gasteiger partial charge is 0.234 e. The number of carbonyl (C=O) groups is 1. The van der Waals surface area contributed by atoms with Gasteiger partial charge in [-0.15, -0.1) is 0 Å². The Labute approximate surface area is 117 Å². The fraction of sp³-hybridized carbons (Fsp3) is 0.929. The van der Waals surface area contributed by atoms with Crippen molar-refractivity contribution in [2.75, 3.05) is 46.9 Å². The van der Waals surface area contributed by atoms with Crippen LogP contribution in [0.1, 0.15) is 26.7 Å². The van der Waals surface area contributed by atoms with Crippen molar-refractivity contribution in [2.24, 2.45) is 5.41 Å². The number of methoxy groups -OCH3 is 1. The van der Waals surface area contributed by atoms with Gasteiger partial charge in [-0.3, -0.25) is 9.69 Å². The molecule has 1 aliphatic rings. The third kappa shape index (κ3) is 5.47. The van der Waals surface area contributed by atoms with Crippen molar-refractivity contribution >= 4 is 5.91 Å². The van der Waals surface area contributed by atoms with E-state index in [9.17, 15) is 4.79 Å². The molecule has 19 heavy (non-hydrogen) atoms. The van der Waals surface area contributed by atoms with Gasteiger partial charge in [0, 0.05) is 25.1 Å². The van der Waals surface area contributed by atoms with Crippen molar-refractivity contribution in [1.29, 1.82) is 0 Å². The molecule has 0 unspecified atom stereocenters. The number of amides is 1. The number of carbonyl (C=O) groups excluding carboxylic acids is 1. The molecule has 0 bridgehead atoms. The summed E-state index contributed by atoms with van der Waals surface area (Å²) in [6, 6.07) is 0.387. The highest BCUT2D eigenvalue weighted by molar-refractivity contribution is 5.78. The second-order valence-corrected chi connectivity index (χ2v) is 5.97. The maximum Gasteiger partial charge on any atom is 0.234 e. The fourth-order valence-electron chi connectivity index (χ4n) is 2.39. The van der Waals surface area contributed by atoms with Gasteiger partial charge >= 0.3 is 0 Å². The number of ether oxygens (including phenoxy) is 1. The van der Waals surface area contributed by atoms with Crippen LogP contribution >= 0.6 is 0 Å². The van der Waals surface area contributed by atoms with Crippen molar-refractivity contribution in [3.8, 4) is 0 Å². The molecule has 0 aliphatic carbocycles. The lowest BCUT2D eigenvalue weighted by Crippen LogP contribution is -2.49. The van der Waals surface area contributed by atoms with Gasteiger partial charge < -0.3 is 15.4 Å². The molecule has 0 aromatic heterocycles. The minimum atomic E-state index is 0.102. The van der Waals surface area contributed by atoms with Gasteiger partial charge in [-0.1, -0.05) is 0 Å². The monoisotopic (exact) mass is 271 g/mol. The third-order valence-corrected chi connectivity index (χ3v) is 4.05. The number of nitrogens with zero attached hydrogens (tertiary/aromatic N) is 1. The van der Waals surface area contributed by atoms with Gasteiger partial charge in [0.15, 0.2) is 0 Å². The van der Waals surface area contributed by atoms with E-state index >= 15 is 0 Å². The average molecular weight is 271 g/mol. The van der Waals surface area contributed by atoms with Crippen molar-refractivity contribution in [3.63, 3.8) is 0 Å². The van der Waals surface area contributed by atoms with Gasteiger partial charge in [0.25, 0.3) is 0 Å². The van der Waals surface area contributed by atoms with Gasteiger partial charge in [-0.25, -0.2) is 0 Å². The largest absolute Gasteiger partial charge is 0.384 e. The van der Waals surface area contributed by atoms with Gasteiger partial charge in [-0.2, -0.15) is 0 Å². The summed E-state index contributed by atoms with van der Waals surface area (Å²) in [7, 11) is 3.71. The van der Waals surface area contributed by atoms with E-state index in [0.717, 1.165) is 32.5 Å². The molecule has 1 amide bonds. The molecular weight excluding hydrogens is 242 g/mol. The Hall–Kier alpha value is -0.650. The highest BCUT2D eigenvalue weighted by Crippen LogP contribution is 2.28. The molecule has 1 rings (SSSR count). The summed E-state index contributed by atoms with van der Waals surface area (Å²) >= 11 is 0. The van der Waals surface area contributed by atoms with E-state index in [1.54, 1.807) is 7.11 Å². The summed E-state index contributed by atoms with van der Waals surface area (Å²) in [5.74, 6) is 0.102. The molecule has 0 atom stereocenters.